The Hall–Kier alpha value is -4.00. The van der Waals surface area contributed by atoms with Crippen LogP contribution in [0, 0.1) is 0 Å². The fraction of sp³-hybridized carbons (Fsp3) is 0.732. The average Bonchev–Trinajstić information content (AvgIpc) is 3.24. The number of hydrogen-bond acceptors (Lipinski definition) is 21. The molecule has 0 spiro atoms. The summed E-state index contributed by atoms with van der Waals surface area (Å²) in [5.41, 5.74) is 26.8. The zero-order chi connectivity index (χ0) is 51.9. The summed E-state index contributed by atoms with van der Waals surface area (Å²) < 4.78 is 63.4. The van der Waals surface area contributed by atoms with Crippen LogP contribution in [0.25, 0.3) is 0 Å². The second-order valence-electron chi connectivity index (χ2n) is 17.0. The minimum atomic E-state index is -5.57. The Labute approximate surface area is 398 Å². The summed E-state index contributed by atoms with van der Waals surface area (Å²) in [4.78, 5) is 72.4. The molecule has 3 heterocycles. The third-order valence-corrected chi connectivity index (χ3v) is 12.0. The van der Waals surface area contributed by atoms with Gasteiger partial charge >= 0.3 is 19.9 Å². The predicted octanol–water partition coefficient (Wildman–Crippen LogP) is -2.73. The molecule has 0 radical (unpaired) electrons. The summed E-state index contributed by atoms with van der Waals surface area (Å²) in [6.07, 6.45) is -15.0. The number of nitrogens with one attached hydrogen (secondary N) is 2. The van der Waals surface area contributed by atoms with Crippen molar-refractivity contribution in [3.63, 3.8) is 0 Å². The van der Waals surface area contributed by atoms with Gasteiger partial charge in [0.25, 0.3) is 0 Å². The largest absolute Gasteiger partial charge is 0.479 e. The number of primary amides is 2. The van der Waals surface area contributed by atoms with Crippen LogP contribution >= 0.6 is 7.82 Å². The van der Waals surface area contributed by atoms with Crippen molar-refractivity contribution in [1.29, 1.82) is 0 Å². The molecule has 16 N–H and O–H groups in total. The van der Waals surface area contributed by atoms with Crippen molar-refractivity contribution >= 4 is 37.6 Å². The third kappa shape index (κ3) is 18.0. The van der Waals surface area contributed by atoms with Crippen molar-refractivity contribution in [2.75, 3.05) is 26.4 Å². The molecule has 3 aliphatic rings. The van der Waals surface area contributed by atoms with E-state index >= 15 is 0 Å². The number of carbonyl (C=O) groups is 5. The van der Waals surface area contributed by atoms with Gasteiger partial charge in [0.15, 0.2) is 43.3 Å². The van der Waals surface area contributed by atoms with Crippen molar-refractivity contribution in [1.82, 2.24) is 10.6 Å². The van der Waals surface area contributed by atoms with Crippen LogP contribution in [0.4, 0.5) is 4.79 Å². The van der Waals surface area contributed by atoms with E-state index in [0.29, 0.717) is 6.42 Å². The summed E-state index contributed by atoms with van der Waals surface area (Å²) >= 11 is 0. The van der Waals surface area contributed by atoms with Crippen LogP contribution in [0.1, 0.15) is 67.2 Å². The summed E-state index contributed by atoms with van der Waals surface area (Å²) in [5, 5.41) is 56.9. The first kappa shape index (κ1) is 59.3. The number of aliphatic hydroxyl groups excluding tert-OH is 4. The standard InChI is InChI=1S/C41H69N6O21P/c1-18(2)9-7-10-19(3)11-8-12-20(4)13-14-60-25(37(55)56)17-61-69(58,59)68-40-35(33(67-41(45)57)31(53)34(65-40)36(44)54)66-39-29(47-22(6)51)27(43)32(24(16-49)63-39)64-38-28(46-21(5)50)26(42)30(52)23(15-48)62-38/h9,11,13,23-35,38-40,48-49,52-53H,7-8,10,12,14-17,42-43H2,1-6H3,(H2,44,54)(H2,45,57)(H,46,50)(H,47,51)(H,55,56)(H,58,59)/b19-11+,20-13-/t23?,24?,25-,26-,27-,28?,29?,30-,31?,32-,33+,34?,35+,38+,39+,40?/m1/s1. The number of hydrogen-bond donors (Lipinski definition) is 12. The van der Waals surface area contributed by atoms with Crippen molar-refractivity contribution in [3.8, 4) is 0 Å². The first-order chi connectivity index (χ1) is 32.3. The molecule has 4 amide bonds. The molecule has 0 bridgehead atoms. The minimum absolute atomic E-state index is 0.235. The van der Waals surface area contributed by atoms with Gasteiger partial charge in [-0.15, -0.1) is 0 Å². The number of ether oxygens (including phenoxy) is 7. The highest BCUT2D eigenvalue weighted by Crippen LogP contribution is 2.47. The molecule has 0 saturated carbocycles. The molecule has 0 aromatic rings. The maximum Gasteiger partial charge on any atom is 0.474 e. The van der Waals surface area contributed by atoms with Gasteiger partial charge in [0.1, 0.15) is 24.4 Å². The molecular weight excluding hydrogens is 943 g/mol. The molecule has 3 aliphatic heterocycles. The van der Waals surface area contributed by atoms with Gasteiger partial charge in [-0.25, -0.2) is 14.2 Å². The van der Waals surface area contributed by atoms with E-state index in [2.05, 4.69) is 22.8 Å². The molecule has 0 aromatic carbocycles. The van der Waals surface area contributed by atoms with Crippen molar-refractivity contribution in [3.05, 3.63) is 34.9 Å². The molecular formula is C41H69N6O21P. The van der Waals surface area contributed by atoms with Gasteiger partial charge in [-0.1, -0.05) is 34.9 Å². The van der Waals surface area contributed by atoms with Crippen LogP contribution in [-0.4, -0.2) is 185 Å². The first-order valence-corrected chi connectivity index (χ1v) is 23.4. The van der Waals surface area contributed by atoms with E-state index in [4.69, 9.17) is 65.1 Å². The number of phosphoric ester groups is 1. The Kier molecular flexibility index (Phi) is 23.7. The van der Waals surface area contributed by atoms with E-state index in [9.17, 15) is 59.0 Å². The number of allylic oxidation sites excluding steroid dienone is 5. The van der Waals surface area contributed by atoms with Crippen LogP contribution in [0.2, 0.25) is 0 Å². The number of nitrogens with two attached hydrogens (primary N) is 4. The SMILES string of the molecule is CC(=O)NC1[C@H](O[C@@H]2C(CO)O[C@@H](O[C@@H]3C(OP(=O)(O)OC[C@@H](OC/C=C(/C)CC/C=C(\C)CCC=C(C)C)C(=O)O)OC(C(N)=O)C(O)[C@@H]3OC(N)=O)C(NC(C)=O)[C@H]2N)OC(CO)[C@@H](O)[C@@H]1N. The maximum absolute atomic E-state index is 13.5. The molecule has 3 rings (SSSR count). The second-order valence-corrected chi connectivity index (χ2v) is 18.4. The molecule has 17 atom stereocenters. The summed E-state index contributed by atoms with van der Waals surface area (Å²) in [6.45, 7) is 7.08. The number of aliphatic hydroxyl groups is 4. The van der Waals surface area contributed by atoms with Crippen LogP contribution in [0.15, 0.2) is 34.9 Å². The highest BCUT2D eigenvalue weighted by atomic mass is 31.2. The van der Waals surface area contributed by atoms with Crippen LogP contribution in [-0.2, 0) is 65.9 Å². The smallest absolute Gasteiger partial charge is 0.474 e. The second kappa shape index (κ2) is 27.6. The summed E-state index contributed by atoms with van der Waals surface area (Å²) in [6, 6.07) is -5.68. The Balaban J connectivity index is 1.89. The van der Waals surface area contributed by atoms with E-state index in [0.717, 1.165) is 38.7 Å². The number of aliphatic carboxylic acids is 1. The van der Waals surface area contributed by atoms with E-state index in [-0.39, 0.29) is 6.61 Å². The number of carboxylic acids is 1. The molecule has 3 fully saturated rings. The van der Waals surface area contributed by atoms with E-state index in [1.54, 1.807) is 6.08 Å². The van der Waals surface area contributed by atoms with Crippen LogP contribution in [0.5, 0.6) is 0 Å². The summed E-state index contributed by atoms with van der Waals surface area (Å²) in [5.74, 6) is -4.42. The fourth-order valence-corrected chi connectivity index (χ4v) is 8.30. The number of rotatable bonds is 25. The van der Waals surface area contributed by atoms with Crippen molar-refractivity contribution in [2.45, 2.75) is 165 Å². The Morgan fingerprint density at radius 3 is 1.78 bits per heavy atom. The molecule has 0 aromatic heterocycles. The predicted molar refractivity (Wildman–Crippen MR) is 236 cm³/mol. The lowest BCUT2D eigenvalue weighted by atomic mass is 9.92. The lowest BCUT2D eigenvalue weighted by Crippen LogP contribution is -2.73. The molecule has 8 unspecified atom stereocenters. The van der Waals surface area contributed by atoms with Crippen molar-refractivity contribution in [2.24, 2.45) is 22.9 Å². The van der Waals surface area contributed by atoms with E-state index in [1.807, 2.05) is 27.7 Å². The average molecular weight is 1010 g/mol. The Bertz CT molecular complexity index is 1890. The lowest BCUT2D eigenvalue weighted by Gasteiger charge is -2.50. The van der Waals surface area contributed by atoms with Crippen LogP contribution in [0.3, 0.4) is 0 Å². The molecule has 0 aliphatic carbocycles. The number of carbonyl (C=O) groups excluding carboxylic acids is 4. The monoisotopic (exact) mass is 1010 g/mol. The molecule has 394 valence electrons. The quantitative estimate of drug-likeness (QED) is 0.0326. The molecule has 27 nitrogen and oxygen atoms in total. The number of phosphoric acid groups is 1. The zero-order valence-corrected chi connectivity index (χ0v) is 40.1. The number of amides is 4. The fourth-order valence-electron chi connectivity index (χ4n) is 7.48. The van der Waals surface area contributed by atoms with Gasteiger partial charge in [0.05, 0.1) is 56.7 Å². The highest BCUT2D eigenvalue weighted by Gasteiger charge is 2.57. The summed E-state index contributed by atoms with van der Waals surface area (Å²) in [7, 11) is -5.57. The zero-order valence-electron chi connectivity index (χ0n) is 39.2. The highest BCUT2D eigenvalue weighted by molar-refractivity contribution is 7.47. The van der Waals surface area contributed by atoms with Gasteiger partial charge in [-0.2, -0.15) is 0 Å². The Morgan fingerprint density at radius 1 is 0.725 bits per heavy atom. The van der Waals surface area contributed by atoms with E-state index in [1.165, 1.54) is 11.1 Å². The lowest BCUT2D eigenvalue weighted by molar-refractivity contribution is -0.344. The van der Waals surface area contributed by atoms with Gasteiger partial charge in [0, 0.05) is 13.8 Å². The Morgan fingerprint density at radius 2 is 1.26 bits per heavy atom. The first-order valence-electron chi connectivity index (χ1n) is 21.9. The molecule has 28 heteroatoms. The van der Waals surface area contributed by atoms with Gasteiger partial charge in [0.2, 0.25) is 17.7 Å². The maximum atomic E-state index is 13.5. The third-order valence-electron chi connectivity index (χ3n) is 11.0. The normalized spacial score (nSPS) is 33.3. The topological polar surface area (TPSA) is 435 Å². The minimum Gasteiger partial charge on any atom is -0.479 e. The van der Waals surface area contributed by atoms with Gasteiger partial charge in [-0.3, -0.25) is 23.4 Å². The van der Waals surface area contributed by atoms with Gasteiger partial charge in [-0.05, 0) is 53.4 Å². The van der Waals surface area contributed by atoms with Crippen LogP contribution < -0.4 is 33.6 Å². The molecule has 3 saturated heterocycles. The van der Waals surface area contributed by atoms with E-state index < -0.39 is 155 Å². The van der Waals surface area contributed by atoms with Gasteiger partial charge < -0.3 is 97.2 Å². The van der Waals surface area contributed by atoms with Crippen molar-refractivity contribution < 1.29 is 101 Å². The molecule has 69 heavy (non-hydrogen) atoms. The number of carboxylic acid groups (broad SMARTS) is 1.